The molecule has 0 spiro atoms. The molecule has 0 aromatic carbocycles. The fourth-order valence-electron chi connectivity index (χ4n) is 2.67. The molecule has 0 radical (unpaired) electrons. The highest BCUT2D eigenvalue weighted by molar-refractivity contribution is 4.88. The van der Waals surface area contributed by atoms with Crippen LogP contribution in [0, 0.1) is 17.8 Å². The molecule has 1 nitrogen and oxygen atoms in total. The van der Waals surface area contributed by atoms with Gasteiger partial charge in [-0.3, -0.25) is 0 Å². The van der Waals surface area contributed by atoms with Crippen LogP contribution in [0.1, 0.15) is 53.9 Å². The standard InChI is InChI=1S/C14H29N/c1-7-11(4)15(6)12(5)14-8-13(9-14)10(2)3/h10-14H,7-9H2,1-6H3. The Bertz CT molecular complexity index is 182. The highest BCUT2D eigenvalue weighted by atomic mass is 15.2. The summed E-state index contributed by atoms with van der Waals surface area (Å²) in [7, 11) is 2.29. The van der Waals surface area contributed by atoms with Gasteiger partial charge in [-0.05, 0) is 57.9 Å². The molecule has 0 bridgehead atoms. The zero-order chi connectivity index (χ0) is 11.6. The Morgan fingerprint density at radius 3 is 2.00 bits per heavy atom. The first-order valence-electron chi connectivity index (χ1n) is 6.69. The largest absolute Gasteiger partial charge is 0.301 e. The first-order valence-corrected chi connectivity index (χ1v) is 6.69. The minimum absolute atomic E-state index is 0.734. The summed E-state index contributed by atoms with van der Waals surface area (Å²) < 4.78 is 0. The van der Waals surface area contributed by atoms with E-state index in [1.54, 1.807) is 0 Å². The second-order valence-electron chi connectivity index (χ2n) is 5.90. The molecule has 1 aliphatic rings. The molecule has 0 aromatic rings. The fourth-order valence-corrected chi connectivity index (χ4v) is 2.67. The van der Waals surface area contributed by atoms with E-state index < -0.39 is 0 Å². The van der Waals surface area contributed by atoms with Crippen molar-refractivity contribution in [3.63, 3.8) is 0 Å². The average molecular weight is 211 g/mol. The highest BCUT2D eigenvalue weighted by Crippen LogP contribution is 2.41. The van der Waals surface area contributed by atoms with Crippen molar-refractivity contribution in [2.45, 2.75) is 66.0 Å². The SMILES string of the molecule is CCC(C)N(C)C(C)C1CC(C(C)C)C1. The van der Waals surface area contributed by atoms with E-state index >= 15 is 0 Å². The van der Waals surface area contributed by atoms with Crippen LogP contribution in [0.5, 0.6) is 0 Å². The van der Waals surface area contributed by atoms with Gasteiger partial charge in [0.2, 0.25) is 0 Å². The van der Waals surface area contributed by atoms with Gasteiger partial charge in [0.05, 0.1) is 0 Å². The average Bonchev–Trinajstić information content (AvgIpc) is 2.12. The molecule has 0 saturated heterocycles. The Labute approximate surface area is 96.2 Å². The maximum atomic E-state index is 2.57. The van der Waals surface area contributed by atoms with Crippen LogP contribution in [-0.2, 0) is 0 Å². The number of nitrogens with zero attached hydrogens (tertiary/aromatic N) is 1. The Morgan fingerprint density at radius 2 is 1.60 bits per heavy atom. The Balaban J connectivity index is 2.34. The van der Waals surface area contributed by atoms with Crippen molar-refractivity contribution in [3.05, 3.63) is 0 Å². The molecular formula is C14H29N. The van der Waals surface area contributed by atoms with E-state index in [-0.39, 0.29) is 0 Å². The van der Waals surface area contributed by atoms with Gasteiger partial charge in [-0.15, -0.1) is 0 Å². The molecule has 2 unspecified atom stereocenters. The van der Waals surface area contributed by atoms with Gasteiger partial charge in [0, 0.05) is 12.1 Å². The van der Waals surface area contributed by atoms with Crippen LogP contribution in [0.25, 0.3) is 0 Å². The quantitative estimate of drug-likeness (QED) is 0.669. The summed E-state index contributed by atoms with van der Waals surface area (Å²) in [6.45, 7) is 11.8. The van der Waals surface area contributed by atoms with E-state index in [9.17, 15) is 0 Å². The monoisotopic (exact) mass is 211 g/mol. The molecule has 0 aliphatic heterocycles. The lowest BCUT2D eigenvalue weighted by Crippen LogP contribution is -2.46. The van der Waals surface area contributed by atoms with Crippen LogP contribution in [0.3, 0.4) is 0 Å². The predicted molar refractivity (Wildman–Crippen MR) is 68.0 cm³/mol. The molecule has 15 heavy (non-hydrogen) atoms. The van der Waals surface area contributed by atoms with E-state index in [4.69, 9.17) is 0 Å². The van der Waals surface area contributed by atoms with Crippen molar-refractivity contribution in [1.29, 1.82) is 0 Å². The zero-order valence-electron chi connectivity index (χ0n) is 11.5. The van der Waals surface area contributed by atoms with E-state index in [1.165, 1.54) is 19.3 Å². The lowest BCUT2D eigenvalue weighted by molar-refractivity contribution is 0.0431. The summed E-state index contributed by atoms with van der Waals surface area (Å²) in [6.07, 6.45) is 4.18. The number of hydrogen-bond donors (Lipinski definition) is 0. The molecule has 2 atom stereocenters. The Kier molecular flexibility index (Phi) is 4.64. The second-order valence-corrected chi connectivity index (χ2v) is 5.90. The predicted octanol–water partition coefficient (Wildman–Crippen LogP) is 3.79. The molecular weight excluding hydrogens is 182 g/mol. The van der Waals surface area contributed by atoms with E-state index in [0.717, 1.165) is 29.8 Å². The van der Waals surface area contributed by atoms with Crippen LogP contribution >= 0.6 is 0 Å². The summed E-state index contributed by atoms with van der Waals surface area (Å²) in [4.78, 5) is 2.57. The van der Waals surface area contributed by atoms with E-state index in [0.29, 0.717) is 0 Å². The summed E-state index contributed by atoms with van der Waals surface area (Å²) >= 11 is 0. The summed E-state index contributed by atoms with van der Waals surface area (Å²) in [5, 5.41) is 0. The van der Waals surface area contributed by atoms with Gasteiger partial charge >= 0.3 is 0 Å². The lowest BCUT2D eigenvalue weighted by atomic mass is 9.66. The first-order chi connectivity index (χ1) is 6.97. The molecule has 1 fully saturated rings. The van der Waals surface area contributed by atoms with Crippen molar-refractivity contribution < 1.29 is 0 Å². The Morgan fingerprint density at radius 1 is 1.07 bits per heavy atom. The number of hydrogen-bond acceptors (Lipinski definition) is 1. The lowest BCUT2D eigenvalue weighted by Gasteiger charge is -2.45. The molecule has 90 valence electrons. The van der Waals surface area contributed by atoms with Crippen molar-refractivity contribution in [3.8, 4) is 0 Å². The van der Waals surface area contributed by atoms with Gasteiger partial charge in [0.15, 0.2) is 0 Å². The van der Waals surface area contributed by atoms with Gasteiger partial charge in [0.1, 0.15) is 0 Å². The Hall–Kier alpha value is -0.0400. The van der Waals surface area contributed by atoms with Crippen LogP contribution in [0.15, 0.2) is 0 Å². The smallest absolute Gasteiger partial charge is 0.00951 e. The molecule has 0 heterocycles. The maximum absolute atomic E-state index is 2.57. The topological polar surface area (TPSA) is 3.24 Å². The minimum Gasteiger partial charge on any atom is -0.301 e. The van der Waals surface area contributed by atoms with Gasteiger partial charge in [-0.1, -0.05) is 20.8 Å². The molecule has 1 heteroatoms. The van der Waals surface area contributed by atoms with Crippen LogP contribution in [-0.4, -0.2) is 24.0 Å². The number of rotatable bonds is 5. The van der Waals surface area contributed by atoms with Crippen molar-refractivity contribution in [1.82, 2.24) is 4.90 Å². The van der Waals surface area contributed by atoms with Gasteiger partial charge in [0.25, 0.3) is 0 Å². The highest BCUT2D eigenvalue weighted by Gasteiger charge is 2.36. The third-order valence-corrected chi connectivity index (χ3v) is 4.76. The molecule has 0 amide bonds. The summed E-state index contributed by atoms with van der Waals surface area (Å²) in [6, 6.07) is 1.51. The molecule has 0 aromatic heterocycles. The third-order valence-electron chi connectivity index (χ3n) is 4.76. The molecule has 1 rings (SSSR count). The fraction of sp³-hybridized carbons (Fsp3) is 1.00. The maximum Gasteiger partial charge on any atom is 0.00951 e. The van der Waals surface area contributed by atoms with Crippen molar-refractivity contribution >= 4 is 0 Å². The van der Waals surface area contributed by atoms with E-state index in [2.05, 4.69) is 46.6 Å². The third kappa shape index (κ3) is 2.96. The molecule has 1 saturated carbocycles. The van der Waals surface area contributed by atoms with Crippen LogP contribution in [0.4, 0.5) is 0 Å². The van der Waals surface area contributed by atoms with Crippen molar-refractivity contribution in [2.24, 2.45) is 17.8 Å². The minimum atomic E-state index is 0.734. The van der Waals surface area contributed by atoms with Gasteiger partial charge in [-0.25, -0.2) is 0 Å². The van der Waals surface area contributed by atoms with Gasteiger partial charge in [-0.2, -0.15) is 0 Å². The van der Waals surface area contributed by atoms with Gasteiger partial charge < -0.3 is 4.90 Å². The summed E-state index contributed by atoms with van der Waals surface area (Å²) in [5.41, 5.74) is 0. The second kappa shape index (κ2) is 5.34. The summed E-state index contributed by atoms with van der Waals surface area (Å²) in [5.74, 6) is 2.85. The zero-order valence-corrected chi connectivity index (χ0v) is 11.5. The van der Waals surface area contributed by atoms with Crippen molar-refractivity contribution in [2.75, 3.05) is 7.05 Å². The first kappa shape index (κ1) is 13.0. The normalized spacial score (nSPS) is 30.4. The van der Waals surface area contributed by atoms with Crippen LogP contribution < -0.4 is 0 Å². The molecule has 0 N–H and O–H groups in total. The van der Waals surface area contributed by atoms with Crippen LogP contribution in [0.2, 0.25) is 0 Å². The van der Waals surface area contributed by atoms with E-state index in [1.807, 2.05) is 0 Å². The molecule has 1 aliphatic carbocycles.